The van der Waals surface area contributed by atoms with Gasteiger partial charge in [0.05, 0.1) is 28.4 Å². The largest absolute Gasteiger partial charge is 0.302 e. The van der Waals surface area contributed by atoms with Crippen LogP contribution in [0.2, 0.25) is 0 Å². The van der Waals surface area contributed by atoms with Crippen LogP contribution in [0.4, 0.5) is 0 Å². The summed E-state index contributed by atoms with van der Waals surface area (Å²) >= 11 is 0. The first kappa shape index (κ1) is 16.2. The van der Waals surface area contributed by atoms with Crippen LogP contribution in [-0.4, -0.2) is 38.7 Å². The Hall–Kier alpha value is -1.89. The van der Waals surface area contributed by atoms with Crippen molar-refractivity contribution in [3.8, 4) is 12.1 Å². The van der Waals surface area contributed by atoms with E-state index in [0.717, 1.165) is 0 Å². The first-order valence-corrected chi connectivity index (χ1v) is 8.01. The number of nitrogens with zero attached hydrogens (tertiary/aromatic N) is 3. The number of hydrogen-bond acceptors (Lipinski definition) is 5. The van der Waals surface area contributed by atoms with Crippen LogP contribution >= 0.6 is 0 Å². The molecule has 0 aromatic heterocycles. The molecule has 1 aromatic carbocycles. The van der Waals surface area contributed by atoms with E-state index in [1.807, 2.05) is 24.0 Å². The zero-order valence-corrected chi connectivity index (χ0v) is 12.2. The Morgan fingerprint density at radius 1 is 1.25 bits per heavy atom. The van der Waals surface area contributed by atoms with E-state index in [-0.39, 0.29) is 10.6 Å². The Balaban J connectivity index is 2.75. The first-order valence-electron chi connectivity index (χ1n) is 6.35. The standard InChI is InChI=1S/C14H17N3O2S/c1-2-17(8-4-7-15)9-10-20(18,19)14-6-3-5-13(11-14)12-16/h3,5-6,11H,2,4,8-10H2,1H3. The monoisotopic (exact) mass is 291 g/mol. The summed E-state index contributed by atoms with van der Waals surface area (Å²) in [5.41, 5.74) is 0.336. The van der Waals surface area contributed by atoms with E-state index in [1.54, 1.807) is 12.1 Å². The van der Waals surface area contributed by atoms with Crippen molar-refractivity contribution in [3.63, 3.8) is 0 Å². The Kier molecular flexibility index (Phi) is 6.17. The van der Waals surface area contributed by atoms with Crippen LogP contribution in [0.25, 0.3) is 0 Å². The summed E-state index contributed by atoms with van der Waals surface area (Å²) in [6.07, 6.45) is 0.387. The molecule has 0 aliphatic carbocycles. The van der Waals surface area contributed by atoms with Gasteiger partial charge < -0.3 is 4.90 Å². The SMILES string of the molecule is CCN(CCC#N)CCS(=O)(=O)c1cccc(C#N)c1. The molecule has 0 aliphatic heterocycles. The van der Waals surface area contributed by atoms with E-state index in [1.165, 1.54) is 12.1 Å². The third-order valence-corrected chi connectivity index (χ3v) is 4.68. The average molecular weight is 291 g/mol. The molecule has 1 rings (SSSR count). The average Bonchev–Trinajstić information content (AvgIpc) is 2.47. The summed E-state index contributed by atoms with van der Waals surface area (Å²) in [6, 6.07) is 10.0. The van der Waals surface area contributed by atoms with E-state index in [9.17, 15) is 8.42 Å². The molecule has 106 valence electrons. The molecule has 1 aromatic rings. The number of benzene rings is 1. The fraction of sp³-hybridized carbons (Fsp3) is 0.429. The minimum absolute atomic E-state index is 0.0127. The highest BCUT2D eigenvalue weighted by atomic mass is 32.2. The molecule has 0 unspecified atom stereocenters. The first-order chi connectivity index (χ1) is 9.53. The molecule has 0 amide bonds. The predicted molar refractivity (Wildman–Crippen MR) is 75.6 cm³/mol. The minimum Gasteiger partial charge on any atom is -0.302 e. The van der Waals surface area contributed by atoms with Crippen LogP contribution in [-0.2, 0) is 9.84 Å². The van der Waals surface area contributed by atoms with Crippen molar-refractivity contribution in [1.82, 2.24) is 4.90 Å². The summed E-state index contributed by atoms with van der Waals surface area (Å²) in [7, 11) is -3.40. The molecule has 6 heteroatoms. The number of rotatable bonds is 7. The van der Waals surface area contributed by atoms with Gasteiger partial charge in [0, 0.05) is 19.5 Å². The zero-order chi connectivity index (χ0) is 15.0. The summed E-state index contributed by atoms with van der Waals surface area (Å²) < 4.78 is 24.4. The molecule has 0 saturated carbocycles. The van der Waals surface area contributed by atoms with Crippen molar-refractivity contribution in [1.29, 1.82) is 10.5 Å². The summed E-state index contributed by atoms with van der Waals surface area (Å²) in [5, 5.41) is 17.3. The van der Waals surface area contributed by atoms with Gasteiger partial charge in [-0.3, -0.25) is 0 Å². The lowest BCUT2D eigenvalue weighted by Crippen LogP contribution is -2.30. The summed E-state index contributed by atoms with van der Waals surface area (Å²) in [5.74, 6) is -0.0127. The Bertz CT molecular complexity index is 627. The van der Waals surface area contributed by atoms with Gasteiger partial charge in [-0.15, -0.1) is 0 Å². The van der Waals surface area contributed by atoms with Gasteiger partial charge in [0.2, 0.25) is 0 Å². The van der Waals surface area contributed by atoms with Crippen molar-refractivity contribution >= 4 is 9.84 Å². The molecule has 0 N–H and O–H groups in total. The van der Waals surface area contributed by atoms with E-state index < -0.39 is 9.84 Å². The molecule has 0 atom stereocenters. The second kappa shape index (κ2) is 7.64. The lowest BCUT2D eigenvalue weighted by Gasteiger charge is -2.18. The van der Waals surface area contributed by atoms with Gasteiger partial charge in [-0.1, -0.05) is 13.0 Å². The van der Waals surface area contributed by atoms with Gasteiger partial charge in [0.1, 0.15) is 0 Å². The smallest absolute Gasteiger partial charge is 0.179 e. The number of sulfone groups is 1. The molecule has 20 heavy (non-hydrogen) atoms. The van der Waals surface area contributed by atoms with E-state index in [0.29, 0.717) is 31.6 Å². The van der Waals surface area contributed by atoms with Gasteiger partial charge in [-0.25, -0.2) is 8.42 Å². The number of nitriles is 2. The molecule has 0 bridgehead atoms. The molecule has 0 spiro atoms. The van der Waals surface area contributed by atoms with Crippen molar-refractivity contribution in [2.45, 2.75) is 18.2 Å². The van der Waals surface area contributed by atoms with E-state index in [2.05, 4.69) is 0 Å². The molecule has 0 heterocycles. The van der Waals surface area contributed by atoms with Gasteiger partial charge in [0.15, 0.2) is 9.84 Å². The van der Waals surface area contributed by atoms with E-state index >= 15 is 0 Å². The van der Waals surface area contributed by atoms with Crippen LogP contribution in [0.1, 0.15) is 18.9 Å². The fourth-order valence-electron chi connectivity index (χ4n) is 1.76. The second-order valence-corrected chi connectivity index (χ2v) is 6.41. The Labute approximate surface area is 120 Å². The molecular weight excluding hydrogens is 274 g/mol. The maximum absolute atomic E-state index is 12.2. The molecule has 0 aliphatic rings. The van der Waals surface area contributed by atoms with Crippen LogP contribution in [0, 0.1) is 22.7 Å². The van der Waals surface area contributed by atoms with Crippen molar-refractivity contribution in [2.24, 2.45) is 0 Å². The van der Waals surface area contributed by atoms with Crippen molar-refractivity contribution < 1.29 is 8.42 Å². The Morgan fingerprint density at radius 3 is 2.60 bits per heavy atom. The third-order valence-electron chi connectivity index (χ3n) is 2.99. The third kappa shape index (κ3) is 4.65. The molecule has 0 saturated heterocycles. The summed E-state index contributed by atoms with van der Waals surface area (Å²) in [6.45, 7) is 3.59. The molecule has 5 nitrogen and oxygen atoms in total. The minimum atomic E-state index is -3.40. The van der Waals surface area contributed by atoms with Crippen LogP contribution in [0.15, 0.2) is 29.2 Å². The normalized spacial score (nSPS) is 11.0. The molecule has 0 fully saturated rings. The van der Waals surface area contributed by atoms with E-state index in [4.69, 9.17) is 10.5 Å². The van der Waals surface area contributed by atoms with Gasteiger partial charge in [-0.2, -0.15) is 10.5 Å². The van der Waals surface area contributed by atoms with Crippen molar-refractivity contribution in [3.05, 3.63) is 29.8 Å². The highest BCUT2D eigenvalue weighted by Crippen LogP contribution is 2.13. The Morgan fingerprint density at radius 2 is 2.00 bits per heavy atom. The van der Waals surface area contributed by atoms with Crippen LogP contribution in [0.3, 0.4) is 0 Å². The van der Waals surface area contributed by atoms with Crippen molar-refractivity contribution in [2.75, 3.05) is 25.4 Å². The number of hydrogen-bond donors (Lipinski definition) is 0. The summed E-state index contributed by atoms with van der Waals surface area (Å²) in [4.78, 5) is 2.10. The zero-order valence-electron chi connectivity index (χ0n) is 11.4. The highest BCUT2D eigenvalue weighted by Gasteiger charge is 2.16. The van der Waals surface area contributed by atoms with Gasteiger partial charge >= 0.3 is 0 Å². The maximum atomic E-state index is 12.2. The van der Waals surface area contributed by atoms with Gasteiger partial charge in [-0.05, 0) is 24.7 Å². The quantitative estimate of drug-likeness (QED) is 0.761. The van der Waals surface area contributed by atoms with Crippen LogP contribution in [0.5, 0.6) is 0 Å². The lowest BCUT2D eigenvalue weighted by molar-refractivity contribution is 0.312. The lowest BCUT2D eigenvalue weighted by atomic mass is 10.2. The molecule has 0 radical (unpaired) electrons. The second-order valence-electron chi connectivity index (χ2n) is 4.30. The predicted octanol–water partition coefficient (Wildman–Crippen LogP) is 1.57. The van der Waals surface area contributed by atoms with Crippen LogP contribution < -0.4 is 0 Å². The maximum Gasteiger partial charge on any atom is 0.179 e. The highest BCUT2D eigenvalue weighted by molar-refractivity contribution is 7.91. The molecular formula is C14H17N3O2S. The van der Waals surface area contributed by atoms with Gasteiger partial charge in [0.25, 0.3) is 0 Å². The fourth-order valence-corrected chi connectivity index (χ4v) is 3.09. The topological polar surface area (TPSA) is 85.0 Å².